The Labute approximate surface area is 191 Å². The first-order valence-electron chi connectivity index (χ1n) is 10.9. The highest BCUT2D eigenvalue weighted by atomic mass is 19.1. The molecule has 1 aliphatic carbocycles. The quantitative estimate of drug-likeness (QED) is 0.439. The van der Waals surface area contributed by atoms with Crippen molar-refractivity contribution in [2.45, 2.75) is 46.1 Å². The summed E-state index contributed by atoms with van der Waals surface area (Å²) >= 11 is 0. The first-order chi connectivity index (χ1) is 15.6. The number of amides is 3. The van der Waals surface area contributed by atoms with Crippen LogP contribution in [-0.4, -0.2) is 41.2 Å². The molecule has 1 saturated carbocycles. The van der Waals surface area contributed by atoms with E-state index >= 15 is 0 Å². The molecule has 1 unspecified atom stereocenters. The van der Waals surface area contributed by atoms with E-state index in [9.17, 15) is 23.6 Å². The van der Waals surface area contributed by atoms with Crippen LogP contribution in [-0.2, 0) is 16.6 Å². The summed E-state index contributed by atoms with van der Waals surface area (Å²) < 4.78 is 15.0. The fraction of sp³-hybridized carbons (Fsp3) is 0.417. The zero-order chi connectivity index (χ0) is 24.4. The van der Waals surface area contributed by atoms with Crippen molar-refractivity contribution in [3.63, 3.8) is 0 Å². The van der Waals surface area contributed by atoms with Gasteiger partial charge < -0.3 is 20.5 Å². The number of rotatable bonds is 7. The van der Waals surface area contributed by atoms with E-state index in [1.807, 2.05) is 0 Å². The number of aryl methyl sites for hydroxylation is 1. The largest absolute Gasteiger partial charge is 0.357 e. The van der Waals surface area contributed by atoms with Gasteiger partial charge in [-0.25, -0.2) is 4.39 Å². The van der Waals surface area contributed by atoms with Gasteiger partial charge in [-0.2, -0.15) is 0 Å². The third kappa shape index (κ3) is 4.67. The van der Waals surface area contributed by atoms with Crippen LogP contribution >= 0.6 is 0 Å². The minimum absolute atomic E-state index is 0.00144. The van der Waals surface area contributed by atoms with E-state index in [0.717, 1.165) is 19.3 Å². The lowest BCUT2D eigenvalue weighted by molar-refractivity contribution is -0.129. The number of carbonyl (C=O) groups is 4. The molecule has 3 amide bonds. The number of nitrogens with one attached hydrogen (secondary N) is 3. The second-order valence-corrected chi connectivity index (χ2v) is 8.50. The summed E-state index contributed by atoms with van der Waals surface area (Å²) in [4.78, 5) is 51.0. The number of ketones is 1. The number of carbonyl (C=O) groups excluding carboxylic acids is 4. The van der Waals surface area contributed by atoms with Gasteiger partial charge in [-0.3, -0.25) is 19.2 Å². The molecule has 0 radical (unpaired) electrons. The average molecular weight is 457 g/mol. The van der Waals surface area contributed by atoms with Crippen molar-refractivity contribution in [1.82, 2.24) is 15.2 Å². The highest BCUT2D eigenvalue weighted by Crippen LogP contribution is 2.30. The van der Waals surface area contributed by atoms with E-state index in [0.29, 0.717) is 22.5 Å². The van der Waals surface area contributed by atoms with Crippen LogP contribution in [0.15, 0.2) is 18.2 Å². The number of halogens is 1. The molecule has 3 rings (SSSR count). The summed E-state index contributed by atoms with van der Waals surface area (Å²) in [5.74, 6) is -2.89. The van der Waals surface area contributed by atoms with Crippen LogP contribution in [0.25, 0.3) is 0 Å². The van der Waals surface area contributed by atoms with Gasteiger partial charge in [-0.1, -0.05) is 6.42 Å². The summed E-state index contributed by atoms with van der Waals surface area (Å²) in [6.45, 7) is 4.86. The summed E-state index contributed by atoms with van der Waals surface area (Å²) in [6, 6.07) is 3.46. The Morgan fingerprint density at radius 1 is 1.12 bits per heavy atom. The molecule has 8 nitrogen and oxygen atoms in total. The Kier molecular flexibility index (Phi) is 7.00. The van der Waals surface area contributed by atoms with E-state index in [1.54, 1.807) is 27.8 Å². The minimum Gasteiger partial charge on any atom is -0.357 e. The first-order valence-corrected chi connectivity index (χ1v) is 10.9. The molecule has 9 heteroatoms. The highest BCUT2D eigenvalue weighted by Gasteiger charge is 2.36. The topological polar surface area (TPSA) is 109 Å². The van der Waals surface area contributed by atoms with Crippen molar-refractivity contribution in [3.8, 4) is 0 Å². The van der Waals surface area contributed by atoms with E-state index in [-0.39, 0.29) is 28.9 Å². The smallest absolute Gasteiger partial charge is 0.294 e. The number of anilines is 1. The van der Waals surface area contributed by atoms with Crippen LogP contribution in [0.4, 0.5) is 10.1 Å². The molecule has 1 aliphatic rings. The molecule has 1 aromatic heterocycles. The van der Waals surface area contributed by atoms with Crippen molar-refractivity contribution in [2.75, 3.05) is 12.4 Å². The SMILES string of the molecule is CNC(=O)C(NC(=O)C(=O)c1c(C)c(C(=O)Nc2ccc(F)c(C)c2)c(C)n1C)C1CCC1. The fourth-order valence-electron chi connectivity index (χ4n) is 4.19. The monoisotopic (exact) mass is 456 g/mol. The molecule has 2 aromatic rings. The number of hydrogen-bond acceptors (Lipinski definition) is 4. The zero-order valence-electron chi connectivity index (χ0n) is 19.5. The Balaban J connectivity index is 1.85. The van der Waals surface area contributed by atoms with Crippen molar-refractivity contribution in [3.05, 3.63) is 52.1 Å². The van der Waals surface area contributed by atoms with Gasteiger partial charge in [-0.15, -0.1) is 0 Å². The van der Waals surface area contributed by atoms with Crippen LogP contribution in [0.5, 0.6) is 0 Å². The molecule has 33 heavy (non-hydrogen) atoms. The van der Waals surface area contributed by atoms with E-state index in [1.165, 1.54) is 29.8 Å². The molecule has 0 aliphatic heterocycles. The predicted octanol–water partition coefficient (Wildman–Crippen LogP) is 2.56. The lowest BCUT2D eigenvalue weighted by Crippen LogP contribution is -2.53. The van der Waals surface area contributed by atoms with Gasteiger partial charge in [0.1, 0.15) is 11.9 Å². The average Bonchev–Trinajstić information content (AvgIpc) is 2.96. The Morgan fingerprint density at radius 3 is 2.33 bits per heavy atom. The van der Waals surface area contributed by atoms with Gasteiger partial charge in [0.2, 0.25) is 5.91 Å². The lowest BCUT2D eigenvalue weighted by atomic mass is 9.79. The molecule has 0 saturated heterocycles. The molecule has 0 bridgehead atoms. The van der Waals surface area contributed by atoms with E-state index in [2.05, 4.69) is 16.0 Å². The number of aromatic nitrogens is 1. The second kappa shape index (κ2) is 9.56. The second-order valence-electron chi connectivity index (χ2n) is 8.50. The van der Waals surface area contributed by atoms with Gasteiger partial charge in [-0.05, 0) is 68.9 Å². The molecule has 1 heterocycles. The van der Waals surface area contributed by atoms with Crippen molar-refractivity contribution in [1.29, 1.82) is 0 Å². The van der Waals surface area contributed by atoms with E-state index in [4.69, 9.17) is 0 Å². The summed E-state index contributed by atoms with van der Waals surface area (Å²) in [6.07, 6.45) is 2.59. The van der Waals surface area contributed by atoms with E-state index < -0.39 is 23.6 Å². The van der Waals surface area contributed by atoms with Gasteiger partial charge in [0.25, 0.3) is 17.6 Å². The third-order valence-electron chi connectivity index (χ3n) is 6.43. The number of Topliss-reactive ketones (excluding diaryl/α,β-unsaturated/α-hetero) is 1. The third-order valence-corrected chi connectivity index (χ3v) is 6.43. The normalized spacial score (nSPS) is 14.2. The standard InChI is InChI=1S/C24H29FN4O4/c1-12-11-16(9-10-17(12)25)27-22(31)18-13(2)20(29(5)14(18)3)21(30)24(33)28-19(23(32)26-4)15-7-6-8-15/h9-11,15,19H,6-8H2,1-5H3,(H,26,32)(H,27,31)(H,28,33). The Morgan fingerprint density at radius 2 is 1.79 bits per heavy atom. The minimum atomic E-state index is -0.889. The number of benzene rings is 1. The van der Waals surface area contributed by atoms with Gasteiger partial charge >= 0.3 is 0 Å². The highest BCUT2D eigenvalue weighted by molar-refractivity contribution is 6.43. The summed E-state index contributed by atoms with van der Waals surface area (Å²) in [5, 5.41) is 7.83. The first kappa shape index (κ1) is 24.2. The van der Waals surface area contributed by atoms with Crippen molar-refractivity contribution in [2.24, 2.45) is 13.0 Å². The lowest BCUT2D eigenvalue weighted by Gasteiger charge is -2.32. The fourth-order valence-corrected chi connectivity index (χ4v) is 4.19. The number of hydrogen-bond donors (Lipinski definition) is 3. The number of likely N-dealkylation sites (N-methyl/N-ethyl adjacent to an activating group) is 1. The van der Waals surface area contributed by atoms with Crippen LogP contribution in [0.2, 0.25) is 0 Å². The summed E-state index contributed by atoms with van der Waals surface area (Å²) in [7, 11) is 3.09. The van der Waals surface area contributed by atoms with Crippen molar-refractivity contribution < 1.29 is 23.6 Å². The zero-order valence-corrected chi connectivity index (χ0v) is 19.5. The maximum Gasteiger partial charge on any atom is 0.294 e. The molecular formula is C24H29FN4O4. The molecule has 1 fully saturated rings. The number of nitrogens with zero attached hydrogens (tertiary/aromatic N) is 1. The van der Waals surface area contributed by atoms with Crippen molar-refractivity contribution >= 4 is 29.2 Å². The maximum atomic E-state index is 13.5. The maximum absolute atomic E-state index is 13.5. The predicted molar refractivity (Wildman–Crippen MR) is 122 cm³/mol. The van der Waals surface area contributed by atoms with Crippen LogP contribution in [0.1, 0.15) is 56.9 Å². The molecule has 176 valence electrons. The summed E-state index contributed by atoms with van der Waals surface area (Å²) in [5.41, 5.74) is 2.00. The van der Waals surface area contributed by atoms with Gasteiger partial charge in [0.05, 0.1) is 11.3 Å². The van der Waals surface area contributed by atoms with Crippen LogP contribution in [0, 0.1) is 32.5 Å². The Hall–Kier alpha value is -3.49. The van der Waals surface area contributed by atoms with Crippen LogP contribution < -0.4 is 16.0 Å². The molecule has 3 N–H and O–H groups in total. The Bertz CT molecular complexity index is 1130. The molecular weight excluding hydrogens is 427 g/mol. The van der Waals surface area contributed by atoms with Gasteiger partial charge in [0, 0.05) is 25.5 Å². The molecule has 1 aromatic carbocycles. The molecule has 1 atom stereocenters. The van der Waals surface area contributed by atoms with Gasteiger partial charge in [0.15, 0.2) is 0 Å². The van der Waals surface area contributed by atoms with Crippen LogP contribution in [0.3, 0.4) is 0 Å². The molecule has 0 spiro atoms.